The molecule has 2 amide bonds. The lowest BCUT2D eigenvalue weighted by atomic mass is 10.1. The highest BCUT2D eigenvalue weighted by atomic mass is 16.5. The first-order valence-electron chi connectivity index (χ1n) is 10.5. The van der Waals surface area contributed by atoms with Gasteiger partial charge in [0, 0.05) is 24.1 Å². The highest BCUT2D eigenvalue weighted by molar-refractivity contribution is 5.82. The number of ether oxygens (including phenoxy) is 1. The first-order valence-corrected chi connectivity index (χ1v) is 10.5. The van der Waals surface area contributed by atoms with Gasteiger partial charge in [-0.1, -0.05) is 13.3 Å². The summed E-state index contributed by atoms with van der Waals surface area (Å²) in [6.07, 6.45) is 2.05. The highest BCUT2D eigenvalue weighted by Crippen LogP contribution is 2.22. The maximum Gasteiger partial charge on any atom is 0.336 e. The van der Waals surface area contributed by atoms with Gasteiger partial charge >= 0.3 is 5.63 Å². The number of unbranched alkanes of at least 4 members (excludes halogenated alkanes) is 1. The van der Waals surface area contributed by atoms with Crippen molar-refractivity contribution in [2.24, 2.45) is 0 Å². The van der Waals surface area contributed by atoms with Gasteiger partial charge in [-0.3, -0.25) is 9.59 Å². The standard InChI is InChI=1S/C22H29N3O5/c1-3-4-7-23-20(26)14-24-8-10-25(11-9-24)21(27)15-29-17-5-6-18-16(2)12-22(28)30-19(18)13-17/h5-6,12-13H,3-4,7-11,14-15H2,1-2H3,(H,23,26)/p+1. The van der Waals surface area contributed by atoms with Crippen molar-refractivity contribution in [3.8, 4) is 5.75 Å². The summed E-state index contributed by atoms with van der Waals surface area (Å²) in [5.74, 6) is 0.463. The smallest absolute Gasteiger partial charge is 0.336 e. The summed E-state index contributed by atoms with van der Waals surface area (Å²) in [6, 6.07) is 6.67. The number of nitrogens with one attached hydrogen (secondary N) is 2. The van der Waals surface area contributed by atoms with Gasteiger partial charge in [0.1, 0.15) is 11.3 Å². The Morgan fingerprint density at radius 3 is 2.73 bits per heavy atom. The summed E-state index contributed by atoms with van der Waals surface area (Å²) < 4.78 is 10.8. The maximum absolute atomic E-state index is 12.5. The third-order valence-electron chi connectivity index (χ3n) is 5.37. The number of hydrogen-bond donors (Lipinski definition) is 2. The minimum atomic E-state index is -0.410. The van der Waals surface area contributed by atoms with Gasteiger partial charge in [0.15, 0.2) is 13.2 Å². The molecule has 8 heteroatoms. The Labute approximate surface area is 175 Å². The molecule has 1 aliphatic heterocycles. The molecular formula is C22H30N3O5+. The molecule has 0 atom stereocenters. The quantitative estimate of drug-likeness (QED) is 0.471. The molecule has 0 spiro atoms. The lowest BCUT2D eigenvalue weighted by Crippen LogP contribution is -3.15. The fourth-order valence-electron chi connectivity index (χ4n) is 3.57. The monoisotopic (exact) mass is 416 g/mol. The Balaban J connectivity index is 1.45. The van der Waals surface area contributed by atoms with Crippen LogP contribution in [-0.4, -0.2) is 62.6 Å². The zero-order chi connectivity index (χ0) is 21.5. The summed E-state index contributed by atoms with van der Waals surface area (Å²) in [7, 11) is 0. The summed E-state index contributed by atoms with van der Waals surface area (Å²) >= 11 is 0. The van der Waals surface area contributed by atoms with Crippen LogP contribution in [-0.2, 0) is 9.59 Å². The molecule has 1 saturated heterocycles. The Morgan fingerprint density at radius 1 is 1.23 bits per heavy atom. The van der Waals surface area contributed by atoms with Crippen molar-refractivity contribution < 1.29 is 23.6 Å². The van der Waals surface area contributed by atoms with Crippen molar-refractivity contribution in [1.29, 1.82) is 0 Å². The van der Waals surface area contributed by atoms with E-state index < -0.39 is 5.63 Å². The van der Waals surface area contributed by atoms with E-state index in [-0.39, 0.29) is 18.4 Å². The minimum absolute atomic E-state index is 0.0692. The molecule has 30 heavy (non-hydrogen) atoms. The molecule has 2 heterocycles. The predicted octanol–water partition coefficient (Wildman–Crippen LogP) is 0.124. The minimum Gasteiger partial charge on any atom is -0.484 e. The van der Waals surface area contributed by atoms with E-state index in [1.807, 2.05) is 13.0 Å². The summed E-state index contributed by atoms with van der Waals surface area (Å²) in [4.78, 5) is 38.9. The molecule has 8 nitrogen and oxygen atoms in total. The predicted molar refractivity (Wildman–Crippen MR) is 113 cm³/mol. The molecule has 1 aliphatic rings. The molecule has 0 bridgehead atoms. The molecular weight excluding hydrogens is 386 g/mol. The molecule has 3 rings (SSSR count). The van der Waals surface area contributed by atoms with E-state index in [1.165, 1.54) is 11.0 Å². The van der Waals surface area contributed by atoms with Crippen LogP contribution >= 0.6 is 0 Å². The van der Waals surface area contributed by atoms with Crippen LogP contribution in [0.5, 0.6) is 5.75 Å². The molecule has 0 radical (unpaired) electrons. The zero-order valence-corrected chi connectivity index (χ0v) is 17.7. The van der Waals surface area contributed by atoms with Gasteiger partial charge in [0.05, 0.1) is 26.2 Å². The molecule has 0 aliphatic carbocycles. The Bertz CT molecular complexity index is 947. The van der Waals surface area contributed by atoms with E-state index in [0.29, 0.717) is 31.0 Å². The van der Waals surface area contributed by atoms with Crippen LogP contribution in [0.1, 0.15) is 25.3 Å². The van der Waals surface area contributed by atoms with Crippen molar-refractivity contribution in [3.05, 3.63) is 40.2 Å². The van der Waals surface area contributed by atoms with Crippen LogP contribution in [0.15, 0.2) is 33.5 Å². The van der Waals surface area contributed by atoms with Crippen LogP contribution in [0, 0.1) is 6.92 Å². The van der Waals surface area contributed by atoms with E-state index in [0.717, 1.165) is 43.4 Å². The Morgan fingerprint density at radius 2 is 2.00 bits per heavy atom. The molecule has 0 saturated carbocycles. The molecule has 1 aromatic carbocycles. The summed E-state index contributed by atoms with van der Waals surface area (Å²) in [5.41, 5.74) is 0.871. The highest BCUT2D eigenvalue weighted by Gasteiger charge is 2.25. The van der Waals surface area contributed by atoms with Crippen LogP contribution < -0.4 is 20.6 Å². The van der Waals surface area contributed by atoms with Crippen molar-refractivity contribution in [2.45, 2.75) is 26.7 Å². The largest absolute Gasteiger partial charge is 0.484 e. The van der Waals surface area contributed by atoms with Crippen molar-refractivity contribution in [2.75, 3.05) is 45.9 Å². The van der Waals surface area contributed by atoms with E-state index in [4.69, 9.17) is 9.15 Å². The SMILES string of the molecule is CCCCNC(=O)C[NH+]1CCN(C(=O)COc2ccc3c(C)cc(=O)oc3c2)CC1. The number of aryl methyl sites for hydroxylation is 1. The number of hydrogen-bond acceptors (Lipinski definition) is 5. The Hall–Kier alpha value is -2.87. The second-order valence-corrected chi connectivity index (χ2v) is 7.71. The molecule has 1 fully saturated rings. The van der Waals surface area contributed by atoms with Gasteiger partial charge in [-0.15, -0.1) is 0 Å². The average Bonchev–Trinajstić information content (AvgIpc) is 2.72. The number of fused-ring (bicyclic) bond motifs is 1. The number of amides is 2. The number of piperazine rings is 1. The first-order chi connectivity index (χ1) is 14.5. The van der Waals surface area contributed by atoms with E-state index >= 15 is 0 Å². The van der Waals surface area contributed by atoms with Crippen LogP contribution in [0.3, 0.4) is 0 Å². The van der Waals surface area contributed by atoms with Crippen molar-refractivity contribution >= 4 is 22.8 Å². The second-order valence-electron chi connectivity index (χ2n) is 7.71. The van der Waals surface area contributed by atoms with E-state index in [2.05, 4.69) is 12.2 Å². The molecule has 2 aromatic rings. The third-order valence-corrected chi connectivity index (χ3v) is 5.37. The van der Waals surface area contributed by atoms with Gasteiger partial charge in [0.25, 0.3) is 11.8 Å². The van der Waals surface area contributed by atoms with Gasteiger partial charge in [0.2, 0.25) is 0 Å². The molecule has 2 N–H and O–H groups in total. The van der Waals surface area contributed by atoms with E-state index in [9.17, 15) is 14.4 Å². The first kappa shape index (κ1) is 21.8. The van der Waals surface area contributed by atoms with Gasteiger partial charge < -0.3 is 24.3 Å². The van der Waals surface area contributed by atoms with Crippen molar-refractivity contribution in [3.63, 3.8) is 0 Å². The van der Waals surface area contributed by atoms with Crippen LogP contribution in [0.4, 0.5) is 0 Å². The van der Waals surface area contributed by atoms with Gasteiger partial charge in [-0.05, 0) is 31.0 Å². The fraction of sp³-hybridized carbons (Fsp3) is 0.500. The topological polar surface area (TPSA) is 93.3 Å². The van der Waals surface area contributed by atoms with Crippen LogP contribution in [0.25, 0.3) is 11.0 Å². The number of rotatable bonds is 8. The molecule has 0 unspecified atom stereocenters. The number of benzene rings is 1. The number of quaternary nitrogens is 1. The zero-order valence-electron chi connectivity index (χ0n) is 17.7. The van der Waals surface area contributed by atoms with E-state index in [1.54, 1.807) is 17.0 Å². The third kappa shape index (κ3) is 5.82. The van der Waals surface area contributed by atoms with Crippen LogP contribution in [0.2, 0.25) is 0 Å². The van der Waals surface area contributed by atoms with Crippen molar-refractivity contribution in [1.82, 2.24) is 10.2 Å². The maximum atomic E-state index is 12.5. The normalized spacial score (nSPS) is 14.7. The number of nitrogens with zero attached hydrogens (tertiary/aromatic N) is 1. The molecule has 162 valence electrons. The Kier molecular flexibility index (Phi) is 7.46. The van der Waals surface area contributed by atoms with Gasteiger partial charge in [-0.25, -0.2) is 4.79 Å². The summed E-state index contributed by atoms with van der Waals surface area (Å²) in [6.45, 7) is 7.73. The number of carbonyl (C=O) groups excluding carboxylic acids is 2. The fourth-order valence-corrected chi connectivity index (χ4v) is 3.57. The average molecular weight is 416 g/mol. The lowest BCUT2D eigenvalue weighted by Gasteiger charge is -2.31. The summed E-state index contributed by atoms with van der Waals surface area (Å²) in [5, 5.41) is 3.77. The second kappa shape index (κ2) is 10.2. The van der Waals surface area contributed by atoms with Gasteiger partial charge in [-0.2, -0.15) is 0 Å². The lowest BCUT2D eigenvalue weighted by molar-refractivity contribution is -0.896. The molecule has 1 aromatic heterocycles. The number of carbonyl (C=O) groups is 2.